The Balaban J connectivity index is 2.73. The number of esters is 1. The zero-order valence-corrected chi connectivity index (χ0v) is 13.4. The molecule has 120 valence electrons. The summed E-state index contributed by atoms with van der Waals surface area (Å²) in [5, 5.41) is 2.82. The average Bonchev–Trinajstić information content (AvgIpc) is 2.46. The van der Waals surface area contributed by atoms with Gasteiger partial charge in [0.2, 0.25) is 11.8 Å². The number of hydrogen-bond acceptors (Lipinski definition) is 4. The predicted octanol–water partition coefficient (Wildman–Crippen LogP) is 1.09. The van der Waals surface area contributed by atoms with Crippen LogP contribution >= 0.6 is 0 Å². The molecule has 1 saturated heterocycles. The topological polar surface area (TPSA) is 75.7 Å². The van der Waals surface area contributed by atoms with Crippen LogP contribution in [0.1, 0.15) is 46.5 Å². The first-order valence-electron chi connectivity index (χ1n) is 7.50. The molecular weight excluding hydrogens is 272 g/mol. The van der Waals surface area contributed by atoms with Gasteiger partial charge in [-0.05, 0) is 26.2 Å². The van der Waals surface area contributed by atoms with Crippen LogP contribution in [-0.4, -0.2) is 48.4 Å². The Morgan fingerprint density at radius 1 is 1.38 bits per heavy atom. The second kappa shape index (κ2) is 7.43. The Morgan fingerprint density at radius 2 is 2.05 bits per heavy atom. The van der Waals surface area contributed by atoms with Gasteiger partial charge in [0.15, 0.2) is 0 Å². The first kappa shape index (κ1) is 17.5. The SMILES string of the molecule is CCCC(C)(NC(=O)C1CCCN(C(C)=O)C1)C(=O)OC. The third-order valence-electron chi connectivity index (χ3n) is 4.02. The number of methoxy groups -OCH3 is 1. The van der Waals surface area contributed by atoms with Crippen molar-refractivity contribution in [1.82, 2.24) is 10.2 Å². The number of hydrogen-bond donors (Lipinski definition) is 1. The van der Waals surface area contributed by atoms with Gasteiger partial charge in [-0.3, -0.25) is 9.59 Å². The Bertz CT molecular complexity index is 410. The van der Waals surface area contributed by atoms with E-state index in [9.17, 15) is 14.4 Å². The number of piperidine rings is 1. The highest BCUT2D eigenvalue weighted by atomic mass is 16.5. The standard InChI is InChI=1S/C15H26N2O4/c1-5-8-15(3,14(20)21-4)16-13(19)12-7-6-9-17(10-12)11(2)18/h12H,5-10H2,1-4H3,(H,16,19). The molecule has 0 aromatic heterocycles. The number of carbonyl (C=O) groups excluding carboxylic acids is 3. The molecule has 1 fully saturated rings. The molecule has 0 saturated carbocycles. The van der Waals surface area contributed by atoms with Crippen molar-refractivity contribution in [2.75, 3.05) is 20.2 Å². The fourth-order valence-electron chi connectivity index (χ4n) is 2.79. The van der Waals surface area contributed by atoms with Crippen molar-refractivity contribution in [2.24, 2.45) is 5.92 Å². The lowest BCUT2D eigenvalue weighted by Gasteiger charge is -2.34. The van der Waals surface area contributed by atoms with Crippen molar-refractivity contribution < 1.29 is 19.1 Å². The summed E-state index contributed by atoms with van der Waals surface area (Å²) in [5.74, 6) is -0.889. The van der Waals surface area contributed by atoms with Gasteiger partial charge in [-0.2, -0.15) is 0 Å². The van der Waals surface area contributed by atoms with E-state index in [1.54, 1.807) is 11.8 Å². The molecule has 2 unspecified atom stereocenters. The number of nitrogens with zero attached hydrogens (tertiary/aromatic N) is 1. The van der Waals surface area contributed by atoms with E-state index in [-0.39, 0.29) is 17.7 Å². The molecule has 6 nitrogen and oxygen atoms in total. The van der Waals surface area contributed by atoms with Crippen LogP contribution in [0.25, 0.3) is 0 Å². The second-order valence-corrected chi connectivity index (χ2v) is 5.87. The summed E-state index contributed by atoms with van der Waals surface area (Å²) in [6, 6.07) is 0. The van der Waals surface area contributed by atoms with Crippen molar-refractivity contribution in [1.29, 1.82) is 0 Å². The lowest BCUT2D eigenvalue weighted by Crippen LogP contribution is -2.56. The highest BCUT2D eigenvalue weighted by Crippen LogP contribution is 2.20. The number of nitrogens with one attached hydrogen (secondary N) is 1. The minimum Gasteiger partial charge on any atom is -0.467 e. The average molecular weight is 298 g/mol. The van der Waals surface area contributed by atoms with E-state index < -0.39 is 11.5 Å². The number of likely N-dealkylation sites (tertiary alicyclic amines) is 1. The highest BCUT2D eigenvalue weighted by molar-refractivity contribution is 5.89. The van der Waals surface area contributed by atoms with Gasteiger partial charge >= 0.3 is 5.97 Å². The first-order chi connectivity index (χ1) is 9.84. The normalized spacial score (nSPS) is 21.3. The number of carbonyl (C=O) groups is 3. The fourth-order valence-corrected chi connectivity index (χ4v) is 2.79. The third-order valence-corrected chi connectivity index (χ3v) is 4.02. The van der Waals surface area contributed by atoms with Crippen LogP contribution in [0, 0.1) is 5.92 Å². The molecule has 0 radical (unpaired) electrons. The van der Waals surface area contributed by atoms with E-state index in [0.29, 0.717) is 19.5 Å². The molecule has 1 heterocycles. The molecule has 6 heteroatoms. The summed E-state index contributed by atoms with van der Waals surface area (Å²) in [6.07, 6.45) is 2.82. The highest BCUT2D eigenvalue weighted by Gasteiger charge is 2.38. The summed E-state index contributed by atoms with van der Waals surface area (Å²) >= 11 is 0. The van der Waals surface area contributed by atoms with Crippen LogP contribution in [0.5, 0.6) is 0 Å². The molecule has 1 aliphatic rings. The molecule has 1 aliphatic heterocycles. The Morgan fingerprint density at radius 3 is 2.57 bits per heavy atom. The lowest BCUT2D eigenvalue weighted by atomic mass is 9.92. The number of amides is 2. The Kier molecular flexibility index (Phi) is 6.18. The first-order valence-corrected chi connectivity index (χ1v) is 7.50. The lowest BCUT2D eigenvalue weighted by molar-refractivity contribution is -0.151. The second-order valence-electron chi connectivity index (χ2n) is 5.87. The van der Waals surface area contributed by atoms with Gasteiger partial charge in [0, 0.05) is 20.0 Å². The van der Waals surface area contributed by atoms with Gasteiger partial charge in [-0.1, -0.05) is 13.3 Å². The van der Waals surface area contributed by atoms with Gasteiger partial charge in [0.1, 0.15) is 5.54 Å². The smallest absolute Gasteiger partial charge is 0.331 e. The molecule has 0 aliphatic carbocycles. The molecule has 0 bridgehead atoms. The molecular formula is C15H26N2O4. The largest absolute Gasteiger partial charge is 0.467 e. The van der Waals surface area contributed by atoms with Gasteiger partial charge < -0.3 is 15.0 Å². The zero-order chi connectivity index (χ0) is 16.0. The number of rotatable bonds is 5. The maximum absolute atomic E-state index is 12.4. The maximum Gasteiger partial charge on any atom is 0.331 e. The summed E-state index contributed by atoms with van der Waals surface area (Å²) in [7, 11) is 1.32. The van der Waals surface area contributed by atoms with Crippen molar-refractivity contribution in [2.45, 2.75) is 52.0 Å². The fraction of sp³-hybridized carbons (Fsp3) is 0.800. The quantitative estimate of drug-likeness (QED) is 0.771. The summed E-state index contributed by atoms with van der Waals surface area (Å²) < 4.78 is 4.80. The predicted molar refractivity (Wildman–Crippen MR) is 78.4 cm³/mol. The van der Waals surface area contributed by atoms with Gasteiger partial charge in [-0.15, -0.1) is 0 Å². The monoisotopic (exact) mass is 298 g/mol. The van der Waals surface area contributed by atoms with Crippen molar-refractivity contribution in [3.05, 3.63) is 0 Å². The van der Waals surface area contributed by atoms with Gasteiger partial charge in [0.25, 0.3) is 0 Å². The summed E-state index contributed by atoms with van der Waals surface area (Å²) in [4.78, 5) is 37.4. The minimum atomic E-state index is -1.00. The van der Waals surface area contributed by atoms with Crippen molar-refractivity contribution in [3.63, 3.8) is 0 Å². The van der Waals surface area contributed by atoms with Gasteiger partial charge in [0.05, 0.1) is 13.0 Å². The molecule has 1 rings (SSSR count). The van der Waals surface area contributed by atoms with Gasteiger partial charge in [-0.25, -0.2) is 4.79 Å². The van der Waals surface area contributed by atoms with E-state index in [4.69, 9.17) is 4.74 Å². The maximum atomic E-state index is 12.4. The van der Waals surface area contributed by atoms with E-state index >= 15 is 0 Å². The molecule has 0 aromatic carbocycles. The minimum absolute atomic E-state index is 0.0169. The third kappa shape index (κ3) is 4.44. The number of ether oxygens (including phenoxy) is 1. The zero-order valence-electron chi connectivity index (χ0n) is 13.4. The molecule has 0 aromatic rings. The summed E-state index contributed by atoms with van der Waals surface area (Å²) in [5.41, 5.74) is -1.00. The molecule has 1 N–H and O–H groups in total. The molecule has 2 amide bonds. The van der Waals surface area contributed by atoms with Crippen molar-refractivity contribution >= 4 is 17.8 Å². The Hall–Kier alpha value is -1.59. The van der Waals surface area contributed by atoms with E-state index in [0.717, 1.165) is 19.3 Å². The summed E-state index contributed by atoms with van der Waals surface area (Å²) in [6.45, 7) is 6.26. The molecule has 0 spiro atoms. The van der Waals surface area contributed by atoms with Crippen LogP contribution in [0.2, 0.25) is 0 Å². The van der Waals surface area contributed by atoms with Crippen LogP contribution in [0.15, 0.2) is 0 Å². The van der Waals surface area contributed by atoms with Crippen LogP contribution in [0.4, 0.5) is 0 Å². The Labute approximate surface area is 126 Å². The molecule has 21 heavy (non-hydrogen) atoms. The van der Waals surface area contributed by atoms with E-state index in [1.165, 1.54) is 14.0 Å². The van der Waals surface area contributed by atoms with Crippen LogP contribution in [-0.2, 0) is 19.1 Å². The van der Waals surface area contributed by atoms with E-state index in [2.05, 4.69) is 5.32 Å². The van der Waals surface area contributed by atoms with Crippen LogP contribution in [0.3, 0.4) is 0 Å². The molecule has 2 atom stereocenters. The van der Waals surface area contributed by atoms with E-state index in [1.807, 2.05) is 6.92 Å². The van der Waals surface area contributed by atoms with Crippen LogP contribution < -0.4 is 5.32 Å². The van der Waals surface area contributed by atoms with Crippen molar-refractivity contribution in [3.8, 4) is 0 Å².